The second-order valence-corrected chi connectivity index (χ2v) is 2.56. The summed E-state index contributed by atoms with van der Waals surface area (Å²) in [6.07, 6.45) is 2.28. The fourth-order valence-corrected chi connectivity index (χ4v) is 1.20. The number of nitrogens with zero attached hydrogens (tertiary/aromatic N) is 1. The summed E-state index contributed by atoms with van der Waals surface area (Å²) in [5, 5.41) is 2.52. The van der Waals surface area contributed by atoms with E-state index in [1.165, 1.54) is 0 Å². The third-order valence-corrected chi connectivity index (χ3v) is 1.78. The standard InChI is InChI=1S/C7H12N2O2/c10-6-8-3-5-9-4-1-2-7(9)11/h6H,1-5H2,(H,8,10). The molecule has 0 spiro atoms. The van der Waals surface area contributed by atoms with Crippen LogP contribution in [0.2, 0.25) is 0 Å². The van der Waals surface area contributed by atoms with E-state index in [1.807, 2.05) is 0 Å². The first kappa shape index (κ1) is 8.04. The topological polar surface area (TPSA) is 49.4 Å². The molecule has 1 aliphatic rings. The van der Waals surface area contributed by atoms with Crippen molar-refractivity contribution in [1.82, 2.24) is 10.2 Å². The van der Waals surface area contributed by atoms with E-state index in [0.29, 0.717) is 25.9 Å². The highest BCUT2D eigenvalue weighted by atomic mass is 16.2. The van der Waals surface area contributed by atoms with E-state index in [9.17, 15) is 9.59 Å². The maximum Gasteiger partial charge on any atom is 0.222 e. The Balaban J connectivity index is 2.15. The molecule has 0 unspecified atom stereocenters. The summed E-state index contributed by atoms with van der Waals surface area (Å²) >= 11 is 0. The minimum Gasteiger partial charge on any atom is -0.357 e. The van der Waals surface area contributed by atoms with Crippen LogP contribution in [0.3, 0.4) is 0 Å². The number of hydrogen-bond donors (Lipinski definition) is 1. The lowest BCUT2D eigenvalue weighted by Gasteiger charge is -2.13. The molecule has 0 aromatic heterocycles. The molecule has 0 aromatic carbocycles. The van der Waals surface area contributed by atoms with Crippen LogP contribution in [0.15, 0.2) is 0 Å². The van der Waals surface area contributed by atoms with Crippen LogP contribution in [-0.2, 0) is 9.59 Å². The summed E-state index contributed by atoms with van der Waals surface area (Å²) in [4.78, 5) is 22.6. The molecule has 1 saturated heterocycles. The van der Waals surface area contributed by atoms with Gasteiger partial charge in [-0.15, -0.1) is 0 Å². The molecule has 4 heteroatoms. The van der Waals surface area contributed by atoms with Gasteiger partial charge in [0.25, 0.3) is 0 Å². The summed E-state index contributed by atoms with van der Waals surface area (Å²) in [5.41, 5.74) is 0. The van der Waals surface area contributed by atoms with E-state index in [0.717, 1.165) is 13.0 Å². The number of amides is 2. The lowest BCUT2D eigenvalue weighted by Crippen LogP contribution is -2.32. The zero-order chi connectivity index (χ0) is 8.10. The minimum atomic E-state index is 0.206. The minimum absolute atomic E-state index is 0.206. The van der Waals surface area contributed by atoms with Crippen molar-refractivity contribution in [3.8, 4) is 0 Å². The number of likely N-dealkylation sites (tertiary alicyclic amines) is 1. The predicted octanol–water partition coefficient (Wildman–Crippen LogP) is -0.645. The summed E-state index contributed by atoms with van der Waals surface area (Å²) < 4.78 is 0. The Morgan fingerprint density at radius 2 is 2.45 bits per heavy atom. The molecule has 2 amide bonds. The first-order valence-electron chi connectivity index (χ1n) is 3.79. The lowest BCUT2D eigenvalue weighted by molar-refractivity contribution is -0.127. The SMILES string of the molecule is O=CNCCN1CCCC1=O. The van der Waals surface area contributed by atoms with E-state index < -0.39 is 0 Å². The molecular weight excluding hydrogens is 144 g/mol. The molecule has 0 atom stereocenters. The van der Waals surface area contributed by atoms with Crippen molar-refractivity contribution in [3.63, 3.8) is 0 Å². The van der Waals surface area contributed by atoms with Gasteiger partial charge in [-0.05, 0) is 6.42 Å². The molecule has 11 heavy (non-hydrogen) atoms. The number of hydrogen-bond acceptors (Lipinski definition) is 2. The first-order chi connectivity index (χ1) is 5.34. The van der Waals surface area contributed by atoms with Gasteiger partial charge in [0, 0.05) is 26.1 Å². The Kier molecular flexibility index (Phi) is 2.89. The van der Waals surface area contributed by atoms with Crippen molar-refractivity contribution in [2.45, 2.75) is 12.8 Å². The van der Waals surface area contributed by atoms with E-state index in [2.05, 4.69) is 5.32 Å². The van der Waals surface area contributed by atoms with Gasteiger partial charge in [-0.2, -0.15) is 0 Å². The van der Waals surface area contributed by atoms with Crippen LogP contribution >= 0.6 is 0 Å². The third kappa shape index (κ3) is 2.22. The van der Waals surface area contributed by atoms with Crippen molar-refractivity contribution in [2.24, 2.45) is 0 Å². The van der Waals surface area contributed by atoms with Crippen molar-refractivity contribution < 1.29 is 9.59 Å². The summed E-state index contributed by atoms with van der Waals surface area (Å²) in [6.45, 7) is 2.06. The monoisotopic (exact) mass is 156 g/mol. The van der Waals surface area contributed by atoms with Crippen LogP contribution in [0.4, 0.5) is 0 Å². The van der Waals surface area contributed by atoms with Crippen LogP contribution in [0.1, 0.15) is 12.8 Å². The van der Waals surface area contributed by atoms with Gasteiger partial charge in [0.05, 0.1) is 0 Å². The number of nitrogens with one attached hydrogen (secondary N) is 1. The quantitative estimate of drug-likeness (QED) is 0.434. The van der Waals surface area contributed by atoms with Gasteiger partial charge in [-0.1, -0.05) is 0 Å². The molecule has 0 saturated carbocycles. The second-order valence-electron chi connectivity index (χ2n) is 2.56. The molecule has 1 N–H and O–H groups in total. The van der Waals surface area contributed by atoms with Crippen molar-refractivity contribution >= 4 is 12.3 Å². The van der Waals surface area contributed by atoms with E-state index in [-0.39, 0.29) is 5.91 Å². The van der Waals surface area contributed by atoms with Crippen molar-refractivity contribution in [2.75, 3.05) is 19.6 Å². The molecule has 0 bridgehead atoms. The van der Waals surface area contributed by atoms with Crippen LogP contribution in [0, 0.1) is 0 Å². The average Bonchev–Trinajstić information content (AvgIpc) is 2.37. The van der Waals surface area contributed by atoms with Gasteiger partial charge in [-0.3, -0.25) is 9.59 Å². The molecule has 62 valence electrons. The van der Waals surface area contributed by atoms with E-state index in [1.54, 1.807) is 4.90 Å². The van der Waals surface area contributed by atoms with Crippen molar-refractivity contribution in [3.05, 3.63) is 0 Å². The summed E-state index contributed by atoms with van der Waals surface area (Å²) in [6, 6.07) is 0. The molecule has 0 aromatic rings. The van der Waals surface area contributed by atoms with Crippen molar-refractivity contribution in [1.29, 1.82) is 0 Å². The number of rotatable bonds is 4. The molecule has 1 aliphatic heterocycles. The van der Waals surface area contributed by atoms with Gasteiger partial charge in [0.1, 0.15) is 0 Å². The predicted molar refractivity (Wildman–Crippen MR) is 39.9 cm³/mol. The smallest absolute Gasteiger partial charge is 0.222 e. The molecule has 1 rings (SSSR count). The third-order valence-electron chi connectivity index (χ3n) is 1.78. The van der Waals surface area contributed by atoms with Gasteiger partial charge in [-0.25, -0.2) is 0 Å². The first-order valence-corrected chi connectivity index (χ1v) is 3.79. The number of carbonyl (C=O) groups excluding carboxylic acids is 2. The maximum atomic E-state index is 11.0. The highest BCUT2D eigenvalue weighted by molar-refractivity contribution is 5.78. The molecule has 1 heterocycles. The fraction of sp³-hybridized carbons (Fsp3) is 0.714. The van der Waals surface area contributed by atoms with Gasteiger partial charge in [0.2, 0.25) is 12.3 Å². The van der Waals surface area contributed by atoms with E-state index in [4.69, 9.17) is 0 Å². The van der Waals surface area contributed by atoms with E-state index >= 15 is 0 Å². The zero-order valence-corrected chi connectivity index (χ0v) is 6.38. The molecule has 4 nitrogen and oxygen atoms in total. The number of carbonyl (C=O) groups is 2. The Morgan fingerprint density at radius 3 is 3.00 bits per heavy atom. The second kappa shape index (κ2) is 3.95. The molecule has 1 fully saturated rings. The maximum absolute atomic E-state index is 11.0. The molecule has 0 aliphatic carbocycles. The fourth-order valence-electron chi connectivity index (χ4n) is 1.20. The Morgan fingerprint density at radius 1 is 1.64 bits per heavy atom. The Hall–Kier alpha value is -1.06. The molecular formula is C7H12N2O2. The van der Waals surface area contributed by atoms with Gasteiger partial charge < -0.3 is 10.2 Å². The normalized spacial score (nSPS) is 17.1. The average molecular weight is 156 g/mol. The molecule has 0 radical (unpaired) electrons. The highest BCUT2D eigenvalue weighted by Gasteiger charge is 2.18. The lowest BCUT2D eigenvalue weighted by atomic mass is 10.4. The highest BCUT2D eigenvalue weighted by Crippen LogP contribution is 2.07. The summed E-state index contributed by atoms with van der Waals surface area (Å²) in [7, 11) is 0. The van der Waals surface area contributed by atoms with Crippen LogP contribution in [0.25, 0.3) is 0 Å². The van der Waals surface area contributed by atoms with Gasteiger partial charge in [0.15, 0.2) is 0 Å². The zero-order valence-electron chi connectivity index (χ0n) is 6.38. The summed E-state index contributed by atoms with van der Waals surface area (Å²) in [5.74, 6) is 0.206. The van der Waals surface area contributed by atoms with Gasteiger partial charge >= 0.3 is 0 Å². The Bertz CT molecular complexity index is 159. The van der Waals surface area contributed by atoms with Crippen LogP contribution in [-0.4, -0.2) is 36.9 Å². The Labute approximate surface area is 65.6 Å². The van der Waals surface area contributed by atoms with Crippen LogP contribution in [0.5, 0.6) is 0 Å². The largest absolute Gasteiger partial charge is 0.357 e. The van der Waals surface area contributed by atoms with Crippen LogP contribution < -0.4 is 5.32 Å².